The Kier molecular flexibility index (Phi) is 3.94. The van der Waals surface area contributed by atoms with E-state index in [0.29, 0.717) is 5.92 Å². The molecule has 2 rings (SSSR count). The summed E-state index contributed by atoms with van der Waals surface area (Å²) in [7, 11) is 1.71. The normalized spacial score (nSPS) is 14.9. The van der Waals surface area contributed by atoms with Crippen LogP contribution in [0.3, 0.4) is 0 Å². The van der Waals surface area contributed by atoms with Gasteiger partial charge in [-0.05, 0) is 23.6 Å². The number of hydrogen-bond donors (Lipinski definition) is 1. The van der Waals surface area contributed by atoms with Crippen LogP contribution in [0.5, 0.6) is 0 Å². The molecule has 0 aliphatic heterocycles. The molecular formula is C15H20N2O. The molecule has 0 spiro atoms. The topological polar surface area (TPSA) is 48.1 Å². The number of nitrogens with zero attached hydrogens (tertiary/aromatic N) is 1. The summed E-state index contributed by atoms with van der Waals surface area (Å²) in [5.41, 5.74) is 8.34. The van der Waals surface area contributed by atoms with Crippen LogP contribution in [0.25, 0.3) is 10.9 Å². The van der Waals surface area contributed by atoms with Crippen molar-refractivity contribution < 1.29 is 4.74 Å². The molecule has 1 aromatic heterocycles. The van der Waals surface area contributed by atoms with Gasteiger partial charge in [-0.3, -0.25) is 4.98 Å². The number of ether oxygens (including phenoxy) is 1. The van der Waals surface area contributed by atoms with E-state index in [2.05, 4.69) is 37.0 Å². The Morgan fingerprint density at radius 2 is 2.00 bits per heavy atom. The van der Waals surface area contributed by atoms with Crippen LogP contribution in [0, 0.1) is 5.92 Å². The zero-order valence-corrected chi connectivity index (χ0v) is 11.1. The second-order valence-corrected chi connectivity index (χ2v) is 4.93. The maximum atomic E-state index is 6.29. The standard InChI is InChI=1S/C15H20N2O/c1-10(2)15(18-3)14(16)12-7-6-11-5-4-8-17-13(11)9-12/h4-10,14-15H,16H2,1-3H3. The van der Waals surface area contributed by atoms with Gasteiger partial charge in [0.05, 0.1) is 17.7 Å². The molecule has 0 bridgehead atoms. The first-order valence-electron chi connectivity index (χ1n) is 6.26. The van der Waals surface area contributed by atoms with Gasteiger partial charge in [0.1, 0.15) is 0 Å². The van der Waals surface area contributed by atoms with Crippen molar-refractivity contribution in [2.75, 3.05) is 7.11 Å². The first-order valence-corrected chi connectivity index (χ1v) is 6.26. The van der Waals surface area contributed by atoms with Crippen LogP contribution >= 0.6 is 0 Å². The summed E-state index contributed by atoms with van der Waals surface area (Å²) < 4.78 is 5.49. The van der Waals surface area contributed by atoms with Crippen LogP contribution in [-0.2, 0) is 4.74 Å². The summed E-state index contributed by atoms with van der Waals surface area (Å²) in [6.07, 6.45) is 1.82. The molecule has 0 saturated carbocycles. The summed E-state index contributed by atoms with van der Waals surface area (Å²) in [4.78, 5) is 4.36. The molecule has 0 fully saturated rings. The molecule has 0 radical (unpaired) electrons. The van der Waals surface area contributed by atoms with E-state index in [9.17, 15) is 0 Å². The molecule has 1 aromatic carbocycles. The minimum Gasteiger partial charge on any atom is -0.379 e. The van der Waals surface area contributed by atoms with Crippen LogP contribution in [0.2, 0.25) is 0 Å². The molecule has 3 nitrogen and oxygen atoms in total. The predicted molar refractivity (Wildman–Crippen MR) is 74.3 cm³/mol. The first kappa shape index (κ1) is 13.0. The fraction of sp³-hybridized carbons (Fsp3) is 0.400. The van der Waals surface area contributed by atoms with E-state index in [4.69, 9.17) is 10.5 Å². The number of hydrogen-bond acceptors (Lipinski definition) is 3. The van der Waals surface area contributed by atoms with Crippen molar-refractivity contribution in [3.63, 3.8) is 0 Å². The lowest BCUT2D eigenvalue weighted by Gasteiger charge is -2.26. The molecule has 0 amide bonds. The number of pyridine rings is 1. The van der Waals surface area contributed by atoms with Crippen LogP contribution in [0.1, 0.15) is 25.5 Å². The minimum absolute atomic E-state index is 0.0196. The Hall–Kier alpha value is -1.45. The Morgan fingerprint density at radius 1 is 1.22 bits per heavy atom. The van der Waals surface area contributed by atoms with Gasteiger partial charge in [0.25, 0.3) is 0 Å². The molecule has 0 saturated heterocycles. The van der Waals surface area contributed by atoms with Crippen molar-refractivity contribution in [2.45, 2.75) is 26.0 Å². The molecule has 3 heteroatoms. The number of aromatic nitrogens is 1. The highest BCUT2D eigenvalue weighted by molar-refractivity contribution is 5.79. The Balaban J connectivity index is 2.35. The average molecular weight is 244 g/mol. The van der Waals surface area contributed by atoms with Crippen LogP contribution in [-0.4, -0.2) is 18.2 Å². The van der Waals surface area contributed by atoms with E-state index in [1.54, 1.807) is 13.3 Å². The van der Waals surface area contributed by atoms with Crippen LogP contribution in [0.4, 0.5) is 0 Å². The number of fused-ring (bicyclic) bond motifs is 1. The quantitative estimate of drug-likeness (QED) is 0.899. The summed E-state index contributed by atoms with van der Waals surface area (Å²) in [5, 5.41) is 1.13. The van der Waals surface area contributed by atoms with E-state index in [1.165, 1.54) is 0 Å². The average Bonchev–Trinajstić information content (AvgIpc) is 2.38. The largest absolute Gasteiger partial charge is 0.379 e. The molecule has 2 atom stereocenters. The van der Waals surface area contributed by atoms with Gasteiger partial charge >= 0.3 is 0 Å². The van der Waals surface area contributed by atoms with Gasteiger partial charge in [-0.15, -0.1) is 0 Å². The van der Waals surface area contributed by atoms with Crippen LogP contribution in [0.15, 0.2) is 36.5 Å². The fourth-order valence-electron chi connectivity index (χ4n) is 2.31. The lowest BCUT2D eigenvalue weighted by molar-refractivity contribution is 0.0437. The predicted octanol–water partition coefficient (Wildman–Crippen LogP) is 2.91. The smallest absolute Gasteiger partial charge is 0.0786 e. The van der Waals surface area contributed by atoms with E-state index in [0.717, 1.165) is 16.5 Å². The monoisotopic (exact) mass is 244 g/mol. The van der Waals surface area contributed by atoms with Crippen molar-refractivity contribution >= 4 is 10.9 Å². The number of rotatable bonds is 4. The molecule has 96 valence electrons. The molecule has 0 aliphatic rings. The molecule has 1 heterocycles. The zero-order valence-electron chi connectivity index (χ0n) is 11.1. The van der Waals surface area contributed by atoms with Gasteiger partial charge in [-0.2, -0.15) is 0 Å². The molecule has 2 N–H and O–H groups in total. The van der Waals surface area contributed by atoms with Crippen molar-refractivity contribution in [3.05, 3.63) is 42.1 Å². The second kappa shape index (κ2) is 5.46. The van der Waals surface area contributed by atoms with Crippen molar-refractivity contribution in [3.8, 4) is 0 Å². The van der Waals surface area contributed by atoms with E-state index in [1.807, 2.05) is 12.1 Å². The van der Waals surface area contributed by atoms with E-state index in [-0.39, 0.29) is 12.1 Å². The fourth-order valence-corrected chi connectivity index (χ4v) is 2.31. The minimum atomic E-state index is -0.124. The number of nitrogens with two attached hydrogens (primary N) is 1. The maximum absolute atomic E-state index is 6.29. The first-order chi connectivity index (χ1) is 8.63. The Bertz CT molecular complexity index is 525. The number of methoxy groups -OCH3 is 1. The highest BCUT2D eigenvalue weighted by Crippen LogP contribution is 2.24. The van der Waals surface area contributed by atoms with Crippen molar-refractivity contribution in [2.24, 2.45) is 11.7 Å². The van der Waals surface area contributed by atoms with Gasteiger partial charge in [-0.1, -0.05) is 32.0 Å². The van der Waals surface area contributed by atoms with Crippen molar-refractivity contribution in [1.29, 1.82) is 0 Å². The van der Waals surface area contributed by atoms with E-state index >= 15 is 0 Å². The summed E-state index contributed by atoms with van der Waals surface area (Å²) >= 11 is 0. The molecular weight excluding hydrogens is 224 g/mol. The van der Waals surface area contributed by atoms with Crippen LogP contribution < -0.4 is 5.73 Å². The zero-order chi connectivity index (χ0) is 13.1. The van der Waals surface area contributed by atoms with Gasteiger partial charge in [0, 0.05) is 18.7 Å². The molecule has 0 aliphatic carbocycles. The summed E-state index contributed by atoms with van der Waals surface area (Å²) in [6.45, 7) is 4.24. The maximum Gasteiger partial charge on any atom is 0.0786 e. The Labute approximate surface area is 108 Å². The number of benzene rings is 1. The summed E-state index contributed by atoms with van der Waals surface area (Å²) in [6, 6.07) is 10.0. The third-order valence-electron chi connectivity index (χ3n) is 3.30. The second-order valence-electron chi connectivity index (χ2n) is 4.93. The highest BCUT2D eigenvalue weighted by Gasteiger charge is 2.22. The van der Waals surface area contributed by atoms with Crippen molar-refractivity contribution in [1.82, 2.24) is 4.98 Å². The van der Waals surface area contributed by atoms with Gasteiger partial charge in [-0.25, -0.2) is 0 Å². The van der Waals surface area contributed by atoms with E-state index < -0.39 is 0 Å². The molecule has 2 aromatic rings. The summed E-state index contributed by atoms with van der Waals surface area (Å²) in [5.74, 6) is 0.379. The third-order valence-corrected chi connectivity index (χ3v) is 3.30. The van der Waals surface area contributed by atoms with Gasteiger partial charge < -0.3 is 10.5 Å². The molecule has 2 unspecified atom stereocenters. The lowest BCUT2D eigenvalue weighted by atomic mass is 9.93. The third kappa shape index (κ3) is 2.52. The molecule has 18 heavy (non-hydrogen) atoms. The highest BCUT2D eigenvalue weighted by atomic mass is 16.5. The Morgan fingerprint density at radius 3 is 2.67 bits per heavy atom. The van der Waals surface area contributed by atoms with Gasteiger partial charge in [0.2, 0.25) is 0 Å². The lowest BCUT2D eigenvalue weighted by Crippen LogP contribution is -2.32. The SMILES string of the molecule is COC(C(C)C)C(N)c1ccc2cccnc2c1. The van der Waals surface area contributed by atoms with Gasteiger partial charge in [0.15, 0.2) is 0 Å².